The Morgan fingerprint density at radius 1 is 1.09 bits per heavy atom. The Balaban J connectivity index is 1.51. The third-order valence-corrected chi connectivity index (χ3v) is 5.60. The van der Waals surface area contributed by atoms with E-state index >= 15 is 0 Å². The second kappa shape index (κ2) is 9.23. The second-order valence-electron chi connectivity index (χ2n) is 7.87. The number of hydrogen-bond acceptors (Lipinski definition) is 4. The standard InChI is InChI=1S/C27H22FN3O3/c1-31-15-14-29-26(31)24(18-8-7-9-19(28)16-18)30-27(32)25-22(17-33-20-10-3-2-4-11-20)21-12-5-6-13-23(21)34-25/h2-16,24H,17H2,1H3,(H,30,32). The minimum atomic E-state index is -0.681. The van der Waals surface area contributed by atoms with E-state index in [1.54, 1.807) is 35.2 Å². The van der Waals surface area contributed by atoms with Crippen molar-refractivity contribution < 1.29 is 18.3 Å². The zero-order valence-corrected chi connectivity index (χ0v) is 18.4. The lowest BCUT2D eigenvalue weighted by atomic mass is 10.1. The molecular formula is C27H22FN3O3. The van der Waals surface area contributed by atoms with Gasteiger partial charge in [-0.2, -0.15) is 0 Å². The lowest BCUT2D eigenvalue weighted by Gasteiger charge is -2.19. The van der Waals surface area contributed by atoms with E-state index in [0.29, 0.717) is 28.3 Å². The molecule has 0 bridgehead atoms. The number of para-hydroxylation sites is 2. The van der Waals surface area contributed by atoms with Crippen molar-refractivity contribution in [2.24, 2.45) is 7.05 Å². The maximum Gasteiger partial charge on any atom is 0.288 e. The maximum absolute atomic E-state index is 14.0. The Labute approximate surface area is 195 Å². The summed E-state index contributed by atoms with van der Waals surface area (Å²) in [6.45, 7) is 0.150. The van der Waals surface area contributed by atoms with Crippen molar-refractivity contribution >= 4 is 16.9 Å². The highest BCUT2D eigenvalue weighted by atomic mass is 19.1. The fourth-order valence-corrected chi connectivity index (χ4v) is 3.93. The summed E-state index contributed by atoms with van der Waals surface area (Å²) in [6, 6.07) is 22.2. The summed E-state index contributed by atoms with van der Waals surface area (Å²) < 4.78 is 27.7. The van der Waals surface area contributed by atoms with Gasteiger partial charge in [0.2, 0.25) is 0 Å². The number of hydrogen-bond donors (Lipinski definition) is 1. The minimum absolute atomic E-state index is 0.146. The van der Waals surface area contributed by atoms with Crippen LogP contribution in [0.3, 0.4) is 0 Å². The minimum Gasteiger partial charge on any atom is -0.489 e. The Morgan fingerprint density at radius 2 is 1.88 bits per heavy atom. The fourth-order valence-electron chi connectivity index (χ4n) is 3.93. The van der Waals surface area contributed by atoms with E-state index < -0.39 is 17.8 Å². The molecule has 0 spiro atoms. The lowest BCUT2D eigenvalue weighted by molar-refractivity contribution is 0.0911. The SMILES string of the molecule is Cn1ccnc1C(NC(=O)c1oc2ccccc2c1COc1ccccc1)c1cccc(F)c1. The Hall–Kier alpha value is -4.39. The van der Waals surface area contributed by atoms with Gasteiger partial charge >= 0.3 is 0 Å². The number of furan rings is 1. The summed E-state index contributed by atoms with van der Waals surface area (Å²) in [4.78, 5) is 17.9. The number of aromatic nitrogens is 2. The normalized spacial score (nSPS) is 11.9. The summed E-state index contributed by atoms with van der Waals surface area (Å²) in [5, 5.41) is 3.78. The molecule has 170 valence electrons. The van der Waals surface area contributed by atoms with Crippen molar-refractivity contribution in [2.45, 2.75) is 12.6 Å². The van der Waals surface area contributed by atoms with Gasteiger partial charge in [0.05, 0.1) is 0 Å². The molecule has 1 atom stereocenters. The average molecular weight is 455 g/mol. The molecule has 0 aliphatic carbocycles. The third-order valence-electron chi connectivity index (χ3n) is 5.60. The summed E-state index contributed by atoms with van der Waals surface area (Å²) in [6.07, 6.45) is 3.40. The number of carbonyl (C=O) groups is 1. The first-order valence-corrected chi connectivity index (χ1v) is 10.8. The van der Waals surface area contributed by atoms with Crippen molar-refractivity contribution in [3.05, 3.63) is 120 Å². The van der Waals surface area contributed by atoms with Crippen LogP contribution in [0.2, 0.25) is 0 Å². The van der Waals surface area contributed by atoms with Crippen LogP contribution in [-0.2, 0) is 13.7 Å². The van der Waals surface area contributed by atoms with E-state index in [1.165, 1.54) is 12.1 Å². The highest BCUT2D eigenvalue weighted by molar-refractivity contribution is 5.99. The van der Waals surface area contributed by atoms with Crippen molar-refractivity contribution in [3.63, 3.8) is 0 Å². The van der Waals surface area contributed by atoms with E-state index in [1.807, 2.05) is 55.6 Å². The maximum atomic E-state index is 14.0. The summed E-state index contributed by atoms with van der Waals surface area (Å²) >= 11 is 0. The van der Waals surface area contributed by atoms with Gasteiger partial charge in [-0.3, -0.25) is 4.79 Å². The van der Waals surface area contributed by atoms with Gasteiger partial charge in [0.25, 0.3) is 5.91 Å². The van der Waals surface area contributed by atoms with Crippen molar-refractivity contribution in [2.75, 3.05) is 0 Å². The van der Waals surface area contributed by atoms with Gasteiger partial charge in [-0.05, 0) is 35.9 Å². The molecule has 0 radical (unpaired) electrons. The Bertz CT molecular complexity index is 1440. The van der Waals surface area contributed by atoms with Gasteiger partial charge in [0.15, 0.2) is 5.76 Å². The van der Waals surface area contributed by atoms with E-state index in [-0.39, 0.29) is 12.4 Å². The van der Waals surface area contributed by atoms with Crippen molar-refractivity contribution in [3.8, 4) is 5.75 Å². The van der Waals surface area contributed by atoms with Crippen molar-refractivity contribution in [1.82, 2.24) is 14.9 Å². The Kier molecular flexibility index (Phi) is 5.82. The highest BCUT2D eigenvalue weighted by Gasteiger charge is 2.27. The monoisotopic (exact) mass is 455 g/mol. The molecule has 0 saturated carbocycles. The molecule has 1 unspecified atom stereocenters. The third kappa shape index (κ3) is 4.28. The zero-order chi connectivity index (χ0) is 23.5. The highest BCUT2D eigenvalue weighted by Crippen LogP contribution is 2.29. The molecule has 0 aliphatic rings. The van der Waals surface area contributed by atoms with Crippen LogP contribution in [0.1, 0.15) is 33.5 Å². The molecule has 5 rings (SSSR count). The van der Waals surface area contributed by atoms with Crippen LogP contribution in [-0.4, -0.2) is 15.5 Å². The van der Waals surface area contributed by atoms with Gasteiger partial charge in [-0.15, -0.1) is 0 Å². The number of imidazole rings is 1. The van der Waals surface area contributed by atoms with E-state index in [0.717, 1.165) is 5.39 Å². The van der Waals surface area contributed by atoms with Gasteiger partial charge in [-0.1, -0.05) is 48.5 Å². The van der Waals surface area contributed by atoms with Crippen LogP contribution in [0.4, 0.5) is 4.39 Å². The van der Waals surface area contributed by atoms with Crippen LogP contribution < -0.4 is 10.1 Å². The van der Waals surface area contributed by atoms with Gasteiger partial charge in [0, 0.05) is 30.4 Å². The number of rotatable bonds is 7. The molecule has 0 fully saturated rings. The number of amides is 1. The molecule has 1 N–H and O–H groups in total. The number of carbonyl (C=O) groups excluding carboxylic acids is 1. The predicted molar refractivity (Wildman–Crippen MR) is 126 cm³/mol. The van der Waals surface area contributed by atoms with Crippen LogP contribution >= 0.6 is 0 Å². The molecule has 6 nitrogen and oxygen atoms in total. The van der Waals surface area contributed by atoms with E-state index in [4.69, 9.17) is 9.15 Å². The zero-order valence-electron chi connectivity index (χ0n) is 18.4. The smallest absolute Gasteiger partial charge is 0.288 e. The summed E-state index contributed by atoms with van der Waals surface area (Å²) in [5.41, 5.74) is 1.79. The molecule has 0 saturated heterocycles. The summed E-state index contributed by atoms with van der Waals surface area (Å²) in [7, 11) is 1.82. The Morgan fingerprint density at radius 3 is 2.65 bits per heavy atom. The molecule has 7 heteroatoms. The summed E-state index contributed by atoms with van der Waals surface area (Å²) in [5.74, 6) is 0.557. The molecule has 2 aromatic heterocycles. The first-order valence-electron chi connectivity index (χ1n) is 10.8. The van der Waals surface area contributed by atoms with Crippen LogP contribution in [0.15, 0.2) is 95.7 Å². The average Bonchev–Trinajstić information content (AvgIpc) is 3.45. The van der Waals surface area contributed by atoms with Crippen LogP contribution in [0, 0.1) is 5.82 Å². The molecule has 1 amide bonds. The van der Waals surface area contributed by atoms with Crippen molar-refractivity contribution in [1.29, 1.82) is 0 Å². The predicted octanol–water partition coefficient (Wildman–Crippen LogP) is 5.40. The molecule has 2 heterocycles. The van der Waals surface area contributed by atoms with Crippen LogP contribution in [0.25, 0.3) is 11.0 Å². The van der Waals surface area contributed by atoms with Gasteiger partial charge in [0.1, 0.15) is 35.6 Å². The molecule has 0 aliphatic heterocycles. The second-order valence-corrected chi connectivity index (χ2v) is 7.87. The largest absolute Gasteiger partial charge is 0.489 e. The quantitative estimate of drug-likeness (QED) is 0.357. The fraction of sp³-hybridized carbons (Fsp3) is 0.111. The number of nitrogens with one attached hydrogen (secondary N) is 1. The topological polar surface area (TPSA) is 69.3 Å². The number of fused-ring (bicyclic) bond motifs is 1. The molecule has 3 aromatic carbocycles. The molecule has 34 heavy (non-hydrogen) atoms. The first-order chi connectivity index (χ1) is 16.6. The number of benzene rings is 3. The number of ether oxygens (including phenoxy) is 1. The first kappa shape index (κ1) is 21.5. The number of nitrogens with zero attached hydrogens (tertiary/aromatic N) is 2. The lowest BCUT2D eigenvalue weighted by Crippen LogP contribution is -2.31. The molecular weight excluding hydrogens is 433 g/mol. The van der Waals surface area contributed by atoms with E-state index in [2.05, 4.69) is 10.3 Å². The number of aryl methyl sites for hydroxylation is 1. The van der Waals surface area contributed by atoms with Gasteiger partial charge < -0.3 is 19.0 Å². The molecule has 5 aromatic rings. The van der Waals surface area contributed by atoms with E-state index in [9.17, 15) is 9.18 Å². The van der Waals surface area contributed by atoms with Gasteiger partial charge in [-0.25, -0.2) is 9.37 Å². The van der Waals surface area contributed by atoms with Crippen LogP contribution in [0.5, 0.6) is 5.75 Å². The number of halogens is 1.